The van der Waals surface area contributed by atoms with Gasteiger partial charge in [0.25, 0.3) is 5.91 Å². The minimum absolute atomic E-state index is 0.0536. The quantitative estimate of drug-likeness (QED) is 0.700. The van der Waals surface area contributed by atoms with Crippen molar-refractivity contribution in [1.29, 1.82) is 0 Å². The minimum atomic E-state index is -0.402. The number of nitrogens with one attached hydrogen (secondary N) is 2. The number of carbonyl (C=O) groups is 1. The van der Waals surface area contributed by atoms with Crippen molar-refractivity contribution in [2.24, 2.45) is 5.92 Å². The van der Waals surface area contributed by atoms with Crippen LogP contribution < -0.4 is 20.1 Å². The molecule has 0 spiro atoms. The van der Waals surface area contributed by atoms with Crippen LogP contribution >= 0.6 is 0 Å². The summed E-state index contributed by atoms with van der Waals surface area (Å²) in [6, 6.07) is 5.23. The van der Waals surface area contributed by atoms with Gasteiger partial charge in [-0.2, -0.15) is 0 Å². The van der Waals surface area contributed by atoms with Crippen molar-refractivity contribution in [2.75, 3.05) is 26.4 Å². The maximum absolute atomic E-state index is 12.1. The molecule has 1 saturated heterocycles. The van der Waals surface area contributed by atoms with Crippen LogP contribution in [0.4, 0.5) is 0 Å². The van der Waals surface area contributed by atoms with E-state index in [9.17, 15) is 9.90 Å². The first-order chi connectivity index (χ1) is 9.25. The van der Waals surface area contributed by atoms with Crippen molar-refractivity contribution in [3.8, 4) is 11.5 Å². The van der Waals surface area contributed by atoms with Gasteiger partial charge in [-0.1, -0.05) is 6.07 Å². The highest BCUT2D eigenvalue weighted by Crippen LogP contribution is 2.35. The molecule has 1 aromatic rings. The van der Waals surface area contributed by atoms with Crippen LogP contribution in [0, 0.1) is 5.92 Å². The summed E-state index contributed by atoms with van der Waals surface area (Å²) in [6.45, 7) is 1.88. The summed E-state index contributed by atoms with van der Waals surface area (Å²) >= 11 is 0. The second-order valence-corrected chi connectivity index (χ2v) is 4.74. The van der Waals surface area contributed by atoms with Gasteiger partial charge in [-0.15, -0.1) is 0 Å². The van der Waals surface area contributed by atoms with Crippen molar-refractivity contribution >= 4 is 5.91 Å². The molecule has 0 radical (unpaired) electrons. The molecule has 102 valence electrons. The van der Waals surface area contributed by atoms with Gasteiger partial charge in [-0.05, 0) is 12.1 Å². The highest BCUT2D eigenvalue weighted by Gasteiger charge is 2.26. The average molecular weight is 264 g/mol. The van der Waals surface area contributed by atoms with E-state index in [2.05, 4.69) is 10.6 Å². The molecule has 2 aliphatic rings. The van der Waals surface area contributed by atoms with E-state index in [1.165, 1.54) is 0 Å². The molecule has 3 rings (SSSR count). The predicted octanol–water partition coefficient (Wildman–Crippen LogP) is -0.275. The van der Waals surface area contributed by atoms with Crippen LogP contribution in [0.15, 0.2) is 18.2 Å². The topological polar surface area (TPSA) is 79.8 Å². The lowest BCUT2D eigenvalue weighted by molar-refractivity contribution is 0.0922. The lowest BCUT2D eigenvalue weighted by Crippen LogP contribution is -2.34. The summed E-state index contributed by atoms with van der Waals surface area (Å²) in [5, 5.41) is 15.6. The summed E-state index contributed by atoms with van der Waals surface area (Å²) in [5.41, 5.74) is 0.468. The summed E-state index contributed by atoms with van der Waals surface area (Å²) in [5.74, 6) is 0.930. The smallest absolute Gasteiger partial charge is 0.255 e. The Morgan fingerprint density at radius 1 is 1.42 bits per heavy atom. The summed E-state index contributed by atoms with van der Waals surface area (Å²) in [6.07, 6.45) is -0.402. The minimum Gasteiger partial charge on any atom is -0.454 e. The maximum atomic E-state index is 12.1. The lowest BCUT2D eigenvalue weighted by atomic mass is 10.1. The fourth-order valence-electron chi connectivity index (χ4n) is 2.36. The second-order valence-electron chi connectivity index (χ2n) is 4.74. The highest BCUT2D eigenvalue weighted by atomic mass is 16.7. The number of amides is 1. The van der Waals surface area contributed by atoms with Gasteiger partial charge in [-0.3, -0.25) is 4.79 Å². The third kappa shape index (κ3) is 2.36. The van der Waals surface area contributed by atoms with E-state index in [-0.39, 0.29) is 18.6 Å². The molecule has 1 amide bonds. The average Bonchev–Trinajstić information content (AvgIpc) is 3.04. The number of hydrogen-bond acceptors (Lipinski definition) is 5. The molecule has 6 heteroatoms. The Labute approximate surface area is 110 Å². The first-order valence-electron chi connectivity index (χ1n) is 6.31. The van der Waals surface area contributed by atoms with Crippen LogP contribution in [0.1, 0.15) is 10.4 Å². The molecule has 0 bridgehead atoms. The van der Waals surface area contributed by atoms with Gasteiger partial charge in [0.2, 0.25) is 6.79 Å². The van der Waals surface area contributed by atoms with Crippen LogP contribution in [0.2, 0.25) is 0 Å². The largest absolute Gasteiger partial charge is 0.454 e. The Hall–Kier alpha value is -1.79. The number of aliphatic hydroxyl groups excluding tert-OH is 1. The van der Waals surface area contributed by atoms with E-state index >= 15 is 0 Å². The van der Waals surface area contributed by atoms with E-state index in [4.69, 9.17) is 9.47 Å². The number of benzene rings is 1. The summed E-state index contributed by atoms with van der Waals surface area (Å²) < 4.78 is 10.5. The lowest BCUT2D eigenvalue weighted by Gasteiger charge is -2.14. The molecule has 1 aromatic carbocycles. The van der Waals surface area contributed by atoms with Gasteiger partial charge in [0, 0.05) is 25.6 Å². The van der Waals surface area contributed by atoms with E-state index in [0.717, 1.165) is 0 Å². The number of ether oxygens (including phenoxy) is 2. The Kier molecular flexibility index (Phi) is 3.27. The van der Waals surface area contributed by atoms with Crippen molar-refractivity contribution in [1.82, 2.24) is 10.6 Å². The zero-order valence-corrected chi connectivity index (χ0v) is 10.4. The summed E-state index contributed by atoms with van der Waals surface area (Å²) in [7, 11) is 0. The second kappa shape index (κ2) is 5.07. The molecule has 19 heavy (non-hydrogen) atoms. The number of aliphatic hydroxyl groups is 1. The molecule has 1 fully saturated rings. The number of hydrogen-bond donors (Lipinski definition) is 3. The number of para-hydroxylation sites is 1. The zero-order valence-electron chi connectivity index (χ0n) is 10.4. The molecule has 0 saturated carbocycles. The fraction of sp³-hybridized carbons (Fsp3) is 0.462. The van der Waals surface area contributed by atoms with Gasteiger partial charge in [0.05, 0.1) is 11.7 Å². The Morgan fingerprint density at radius 2 is 2.32 bits per heavy atom. The monoisotopic (exact) mass is 264 g/mol. The Balaban J connectivity index is 1.66. The molecular formula is C13H16N2O4. The molecule has 2 aliphatic heterocycles. The van der Waals surface area contributed by atoms with Gasteiger partial charge >= 0.3 is 0 Å². The molecule has 2 atom stereocenters. The molecule has 0 aromatic heterocycles. The van der Waals surface area contributed by atoms with Gasteiger partial charge in [-0.25, -0.2) is 0 Å². The van der Waals surface area contributed by atoms with Crippen LogP contribution in [-0.4, -0.2) is 43.5 Å². The van der Waals surface area contributed by atoms with Crippen molar-refractivity contribution in [3.63, 3.8) is 0 Å². The first kappa shape index (κ1) is 12.3. The van der Waals surface area contributed by atoms with Crippen molar-refractivity contribution < 1.29 is 19.4 Å². The zero-order chi connectivity index (χ0) is 13.2. The van der Waals surface area contributed by atoms with Crippen LogP contribution in [0.3, 0.4) is 0 Å². The maximum Gasteiger partial charge on any atom is 0.255 e. The Bertz CT molecular complexity index is 492. The normalized spacial score (nSPS) is 24.5. The Morgan fingerprint density at radius 3 is 3.11 bits per heavy atom. The van der Waals surface area contributed by atoms with Crippen molar-refractivity contribution in [2.45, 2.75) is 6.10 Å². The first-order valence-corrected chi connectivity index (χ1v) is 6.31. The SMILES string of the molecule is O=C(NCC1CNCC1O)c1cccc2c1OCO2. The molecule has 2 unspecified atom stereocenters. The van der Waals surface area contributed by atoms with E-state index in [0.29, 0.717) is 36.7 Å². The number of fused-ring (bicyclic) bond motifs is 1. The number of carbonyl (C=O) groups excluding carboxylic acids is 1. The van der Waals surface area contributed by atoms with E-state index < -0.39 is 6.10 Å². The number of β-amino-alcohol motifs (C(OH)–C–C–N with tert-alkyl or cyclic N) is 1. The van der Waals surface area contributed by atoms with Gasteiger partial charge in [0.15, 0.2) is 11.5 Å². The van der Waals surface area contributed by atoms with Crippen molar-refractivity contribution in [3.05, 3.63) is 23.8 Å². The van der Waals surface area contributed by atoms with E-state index in [1.807, 2.05) is 0 Å². The van der Waals surface area contributed by atoms with Crippen LogP contribution in [0.5, 0.6) is 11.5 Å². The van der Waals surface area contributed by atoms with Crippen LogP contribution in [0.25, 0.3) is 0 Å². The predicted molar refractivity (Wildman–Crippen MR) is 67.3 cm³/mol. The van der Waals surface area contributed by atoms with Gasteiger partial charge < -0.3 is 25.2 Å². The molecular weight excluding hydrogens is 248 g/mol. The molecule has 6 nitrogen and oxygen atoms in total. The third-order valence-electron chi connectivity index (χ3n) is 3.47. The molecule has 3 N–H and O–H groups in total. The fourth-order valence-corrected chi connectivity index (χ4v) is 2.36. The van der Waals surface area contributed by atoms with E-state index in [1.54, 1.807) is 18.2 Å². The number of rotatable bonds is 3. The summed E-state index contributed by atoms with van der Waals surface area (Å²) in [4.78, 5) is 12.1. The third-order valence-corrected chi connectivity index (χ3v) is 3.47. The standard InChI is InChI=1S/C13H16N2O4/c16-10-6-14-4-8(10)5-15-13(17)9-2-1-3-11-12(9)19-7-18-11/h1-3,8,10,14,16H,4-7H2,(H,15,17). The highest BCUT2D eigenvalue weighted by molar-refractivity contribution is 5.97. The van der Waals surface area contributed by atoms with Gasteiger partial charge in [0.1, 0.15) is 0 Å². The molecule has 2 heterocycles. The molecule has 0 aliphatic carbocycles. The van der Waals surface area contributed by atoms with Crippen LogP contribution in [-0.2, 0) is 0 Å².